The second-order valence-electron chi connectivity index (χ2n) is 4.36. The molecule has 0 saturated heterocycles. The zero-order chi connectivity index (χ0) is 14.5. The third-order valence-electron chi connectivity index (χ3n) is 2.75. The molecule has 2 aromatic rings. The normalized spacial score (nSPS) is 10.3. The van der Waals surface area contributed by atoms with E-state index in [4.69, 9.17) is 0 Å². The van der Waals surface area contributed by atoms with Gasteiger partial charge in [-0.3, -0.25) is 4.79 Å². The highest BCUT2D eigenvalue weighted by Gasteiger charge is 2.10. The number of rotatable bonds is 5. The van der Waals surface area contributed by atoms with Crippen LogP contribution in [0.5, 0.6) is 0 Å². The zero-order valence-electron chi connectivity index (χ0n) is 11.3. The van der Waals surface area contributed by atoms with Gasteiger partial charge >= 0.3 is 5.97 Å². The van der Waals surface area contributed by atoms with Crippen molar-refractivity contribution in [1.82, 2.24) is 4.98 Å². The first-order valence-corrected chi connectivity index (χ1v) is 7.72. The number of ether oxygens (including phenoxy) is 1. The number of nitrogens with zero attached hydrogens (tertiary/aromatic N) is 2. The third-order valence-corrected chi connectivity index (χ3v) is 4.28. The summed E-state index contributed by atoms with van der Waals surface area (Å²) in [6.07, 6.45) is 0.221. The molecule has 0 aliphatic rings. The van der Waals surface area contributed by atoms with Crippen LogP contribution in [0.2, 0.25) is 0 Å². The molecule has 6 heteroatoms. The Hall–Kier alpha value is -1.40. The number of aromatic nitrogens is 1. The largest absolute Gasteiger partial charge is 0.469 e. The van der Waals surface area contributed by atoms with Crippen LogP contribution in [0.3, 0.4) is 0 Å². The number of thiazole rings is 1. The average molecular weight is 355 g/mol. The summed E-state index contributed by atoms with van der Waals surface area (Å²) in [6.45, 7) is 0.776. The molecule has 0 amide bonds. The molecule has 4 nitrogen and oxygen atoms in total. The fraction of sp³-hybridized carbons (Fsp3) is 0.286. The average Bonchev–Trinajstić information content (AvgIpc) is 2.89. The van der Waals surface area contributed by atoms with E-state index in [9.17, 15) is 4.79 Å². The van der Waals surface area contributed by atoms with Gasteiger partial charge in [0.1, 0.15) is 0 Å². The maximum Gasteiger partial charge on any atom is 0.311 e. The van der Waals surface area contributed by atoms with E-state index in [0.717, 1.165) is 21.8 Å². The molecule has 2 rings (SSSR count). The monoisotopic (exact) mass is 354 g/mol. The Balaban J connectivity index is 2.00. The highest BCUT2D eigenvalue weighted by molar-refractivity contribution is 9.10. The van der Waals surface area contributed by atoms with Gasteiger partial charge in [0.2, 0.25) is 0 Å². The van der Waals surface area contributed by atoms with E-state index in [0.29, 0.717) is 0 Å². The SMILES string of the molecule is COC(=O)Cc1csc(N(C)Cc2ccc(Br)cc2)n1. The predicted molar refractivity (Wildman–Crippen MR) is 84.1 cm³/mol. The van der Waals surface area contributed by atoms with Crippen LogP contribution in [0, 0.1) is 0 Å². The lowest BCUT2D eigenvalue weighted by atomic mass is 10.2. The van der Waals surface area contributed by atoms with Gasteiger partial charge in [0.05, 0.1) is 19.2 Å². The standard InChI is InChI=1S/C14H15BrN2O2S/c1-17(8-10-3-5-11(15)6-4-10)14-16-12(9-20-14)7-13(18)19-2/h3-6,9H,7-8H2,1-2H3. The number of carbonyl (C=O) groups is 1. The second-order valence-corrected chi connectivity index (χ2v) is 6.11. The van der Waals surface area contributed by atoms with Gasteiger partial charge in [-0.1, -0.05) is 28.1 Å². The molecule has 0 unspecified atom stereocenters. The molecular formula is C14H15BrN2O2S. The minimum atomic E-state index is -0.266. The van der Waals surface area contributed by atoms with Gasteiger partial charge in [0.15, 0.2) is 5.13 Å². The number of halogens is 1. The Morgan fingerprint density at radius 1 is 1.40 bits per heavy atom. The molecule has 1 aromatic carbocycles. The lowest BCUT2D eigenvalue weighted by Crippen LogP contribution is -2.16. The first-order chi connectivity index (χ1) is 9.58. The summed E-state index contributed by atoms with van der Waals surface area (Å²) < 4.78 is 5.71. The molecule has 0 saturated carbocycles. The van der Waals surface area contributed by atoms with Crippen LogP contribution >= 0.6 is 27.3 Å². The molecule has 0 fully saturated rings. The minimum absolute atomic E-state index is 0.221. The molecule has 0 bridgehead atoms. The summed E-state index contributed by atoms with van der Waals surface area (Å²) in [7, 11) is 3.37. The maximum absolute atomic E-state index is 11.2. The number of hydrogen-bond acceptors (Lipinski definition) is 5. The molecular weight excluding hydrogens is 340 g/mol. The molecule has 0 atom stereocenters. The van der Waals surface area contributed by atoms with E-state index in [2.05, 4.69) is 42.7 Å². The van der Waals surface area contributed by atoms with E-state index < -0.39 is 0 Å². The zero-order valence-corrected chi connectivity index (χ0v) is 13.7. The summed E-state index contributed by atoms with van der Waals surface area (Å²) in [5.74, 6) is -0.266. The quantitative estimate of drug-likeness (QED) is 0.773. The molecule has 0 N–H and O–H groups in total. The van der Waals surface area contributed by atoms with Crippen molar-refractivity contribution in [3.05, 3.63) is 45.4 Å². The van der Waals surface area contributed by atoms with Gasteiger partial charge in [-0.15, -0.1) is 11.3 Å². The third kappa shape index (κ3) is 4.05. The Morgan fingerprint density at radius 2 is 2.10 bits per heavy atom. The first kappa shape index (κ1) is 15.0. The summed E-state index contributed by atoms with van der Waals surface area (Å²) in [5.41, 5.74) is 1.96. The Kier molecular flexibility index (Phi) is 5.14. The topological polar surface area (TPSA) is 42.4 Å². The molecule has 20 heavy (non-hydrogen) atoms. The summed E-state index contributed by atoms with van der Waals surface area (Å²) in [5, 5.41) is 2.79. The number of hydrogen-bond donors (Lipinski definition) is 0. The highest BCUT2D eigenvalue weighted by atomic mass is 79.9. The van der Waals surface area contributed by atoms with Gasteiger partial charge in [0.25, 0.3) is 0 Å². The van der Waals surface area contributed by atoms with Crippen molar-refractivity contribution in [3.8, 4) is 0 Å². The molecule has 0 spiro atoms. The molecule has 0 aliphatic carbocycles. The van der Waals surface area contributed by atoms with Crippen LogP contribution in [0.25, 0.3) is 0 Å². The first-order valence-electron chi connectivity index (χ1n) is 6.05. The molecule has 1 heterocycles. The number of carbonyl (C=O) groups excluding carboxylic acids is 1. The van der Waals surface area contributed by atoms with Gasteiger partial charge in [0, 0.05) is 23.4 Å². The van der Waals surface area contributed by atoms with Crippen LogP contribution in [0.15, 0.2) is 34.1 Å². The van der Waals surface area contributed by atoms with Crippen LogP contribution < -0.4 is 4.90 Å². The van der Waals surface area contributed by atoms with Crippen molar-refractivity contribution < 1.29 is 9.53 Å². The van der Waals surface area contributed by atoms with Crippen molar-refractivity contribution in [1.29, 1.82) is 0 Å². The fourth-order valence-corrected chi connectivity index (χ4v) is 2.76. The Bertz CT molecular complexity index is 583. The number of benzene rings is 1. The fourth-order valence-electron chi connectivity index (χ4n) is 1.70. The van der Waals surface area contributed by atoms with E-state index in [1.807, 2.05) is 24.6 Å². The van der Waals surface area contributed by atoms with Gasteiger partial charge in [-0.2, -0.15) is 0 Å². The van der Waals surface area contributed by atoms with E-state index >= 15 is 0 Å². The van der Waals surface area contributed by atoms with Crippen LogP contribution in [-0.4, -0.2) is 25.1 Å². The van der Waals surface area contributed by atoms with Crippen molar-refractivity contribution in [2.45, 2.75) is 13.0 Å². The lowest BCUT2D eigenvalue weighted by Gasteiger charge is -2.15. The molecule has 0 aliphatic heterocycles. The van der Waals surface area contributed by atoms with Gasteiger partial charge < -0.3 is 9.64 Å². The van der Waals surface area contributed by atoms with E-state index in [-0.39, 0.29) is 12.4 Å². The minimum Gasteiger partial charge on any atom is -0.469 e. The maximum atomic E-state index is 11.2. The van der Waals surface area contributed by atoms with Crippen molar-refractivity contribution in [2.75, 3.05) is 19.1 Å². The summed E-state index contributed by atoms with van der Waals surface area (Å²) in [6, 6.07) is 8.19. The van der Waals surface area contributed by atoms with Crippen LogP contribution in [0.4, 0.5) is 5.13 Å². The smallest absolute Gasteiger partial charge is 0.311 e. The van der Waals surface area contributed by atoms with Crippen molar-refractivity contribution in [2.24, 2.45) is 0 Å². The summed E-state index contributed by atoms with van der Waals surface area (Å²) >= 11 is 4.95. The Morgan fingerprint density at radius 3 is 2.75 bits per heavy atom. The van der Waals surface area contributed by atoms with Crippen LogP contribution in [-0.2, 0) is 22.5 Å². The molecule has 1 aromatic heterocycles. The number of methoxy groups -OCH3 is 1. The highest BCUT2D eigenvalue weighted by Crippen LogP contribution is 2.22. The Labute approximate surface area is 130 Å². The number of esters is 1. The summed E-state index contributed by atoms with van der Waals surface area (Å²) in [4.78, 5) is 17.7. The van der Waals surface area contributed by atoms with Crippen molar-refractivity contribution in [3.63, 3.8) is 0 Å². The van der Waals surface area contributed by atoms with E-state index in [1.165, 1.54) is 24.0 Å². The van der Waals surface area contributed by atoms with Crippen molar-refractivity contribution >= 4 is 38.4 Å². The van der Waals surface area contributed by atoms with Gasteiger partial charge in [-0.05, 0) is 17.7 Å². The predicted octanol–water partition coefficient (Wildman–Crippen LogP) is 3.26. The lowest BCUT2D eigenvalue weighted by molar-refractivity contribution is -0.139. The van der Waals surface area contributed by atoms with E-state index in [1.54, 1.807) is 0 Å². The second kappa shape index (κ2) is 6.85. The van der Waals surface area contributed by atoms with Crippen LogP contribution in [0.1, 0.15) is 11.3 Å². The molecule has 106 valence electrons. The van der Waals surface area contributed by atoms with Gasteiger partial charge in [-0.25, -0.2) is 4.98 Å². The molecule has 0 radical (unpaired) electrons. The number of anilines is 1.